The van der Waals surface area contributed by atoms with Crippen LogP contribution in [-0.2, 0) is 16.0 Å². The van der Waals surface area contributed by atoms with Crippen molar-refractivity contribution >= 4 is 18.1 Å². The summed E-state index contributed by atoms with van der Waals surface area (Å²) in [5.74, 6) is 0. The third-order valence-electron chi connectivity index (χ3n) is 3.16. The van der Waals surface area contributed by atoms with Crippen molar-refractivity contribution in [3.8, 4) is 0 Å². The third-order valence-corrected chi connectivity index (χ3v) is 3.16. The van der Waals surface area contributed by atoms with Crippen LogP contribution >= 0.6 is 0 Å². The highest BCUT2D eigenvalue weighted by atomic mass is 16.5. The number of hydrogen-bond acceptors (Lipinski definition) is 3. The monoisotopic (exact) mass is 296 g/mol. The second-order valence-corrected chi connectivity index (χ2v) is 4.89. The number of unbranched alkanes of at least 4 members (excludes halogenated alkanes) is 1. The van der Waals surface area contributed by atoms with Crippen LogP contribution in [0.5, 0.6) is 0 Å². The van der Waals surface area contributed by atoms with Crippen LogP contribution < -0.4 is 5.32 Å². The van der Waals surface area contributed by atoms with Gasteiger partial charge >= 0.3 is 6.09 Å². The van der Waals surface area contributed by atoms with E-state index in [9.17, 15) is 9.59 Å². The molecule has 1 radical (unpaired) electrons. The first kappa shape index (κ1) is 15.8. The van der Waals surface area contributed by atoms with Crippen LogP contribution in [-0.4, -0.2) is 19.0 Å². The van der Waals surface area contributed by atoms with E-state index in [1.807, 2.05) is 18.2 Å². The molecule has 4 heteroatoms. The molecule has 2 aromatic carbocycles. The van der Waals surface area contributed by atoms with Gasteiger partial charge in [-0.15, -0.1) is 0 Å². The molecule has 0 fully saturated rings. The Bertz CT molecular complexity index is 611. The van der Waals surface area contributed by atoms with Crippen molar-refractivity contribution in [2.75, 3.05) is 11.9 Å². The van der Waals surface area contributed by atoms with Gasteiger partial charge in [0.1, 0.15) is 0 Å². The van der Waals surface area contributed by atoms with Crippen molar-refractivity contribution in [1.82, 2.24) is 0 Å². The predicted molar refractivity (Wildman–Crippen MR) is 85.6 cm³/mol. The number of anilines is 1. The summed E-state index contributed by atoms with van der Waals surface area (Å²) in [6, 6.07) is 16.7. The van der Waals surface area contributed by atoms with Crippen LogP contribution in [0.4, 0.5) is 10.5 Å². The average Bonchev–Trinajstić information content (AvgIpc) is 2.55. The molecular weight excluding hydrogens is 278 g/mol. The van der Waals surface area contributed by atoms with Crippen molar-refractivity contribution in [2.24, 2.45) is 0 Å². The first-order chi connectivity index (χ1) is 10.8. The van der Waals surface area contributed by atoms with Gasteiger partial charge in [-0.2, -0.15) is 0 Å². The van der Waals surface area contributed by atoms with Gasteiger partial charge < -0.3 is 4.74 Å². The molecule has 0 bridgehead atoms. The molecule has 4 nitrogen and oxygen atoms in total. The Hall–Kier alpha value is -2.62. The maximum atomic E-state index is 11.6. The molecule has 1 amide bonds. The third kappa shape index (κ3) is 5.40. The molecule has 2 rings (SSSR count). The summed E-state index contributed by atoms with van der Waals surface area (Å²) >= 11 is 0. The van der Waals surface area contributed by atoms with Gasteiger partial charge in [-0.3, -0.25) is 10.1 Å². The number of amides is 1. The van der Waals surface area contributed by atoms with E-state index < -0.39 is 6.09 Å². The fourth-order valence-corrected chi connectivity index (χ4v) is 2.06. The SMILES string of the molecule is O=[C]c1cccc(NC(=O)OCCCCc2ccccc2)c1. The van der Waals surface area contributed by atoms with Gasteiger partial charge in [-0.1, -0.05) is 42.5 Å². The van der Waals surface area contributed by atoms with Gasteiger partial charge in [0.15, 0.2) is 0 Å². The second kappa shape index (κ2) is 8.62. The topological polar surface area (TPSA) is 55.4 Å². The normalized spacial score (nSPS) is 10.0. The van der Waals surface area contributed by atoms with Crippen LogP contribution in [0, 0.1) is 0 Å². The highest BCUT2D eigenvalue weighted by molar-refractivity contribution is 5.86. The molecular formula is C18H18NO3. The van der Waals surface area contributed by atoms with Crippen LogP contribution in [0.25, 0.3) is 0 Å². The summed E-state index contributed by atoms with van der Waals surface area (Å²) in [7, 11) is 0. The van der Waals surface area contributed by atoms with Crippen molar-refractivity contribution < 1.29 is 14.3 Å². The predicted octanol–water partition coefficient (Wildman–Crippen LogP) is 3.72. The maximum absolute atomic E-state index is 11.6. The smallest absolute Gasteiger partial charge is 0.411 e. The molecule has 0 aromatic heterocycles. The molecule has 0 heterocycles. The Morgan fingerprint density at radius 1 is 1.05 bits per heavy atom. The fourth-order valence-electron chi connectivity index (χ4n) is 2.06. The van der Waals surface area contributed by atoms with Crippen molar-refractivity contribution in [3.05, 3.63) is 65.7 Å². The fraction of sp³-hybridized carbons (Fsp3) is 0.222. The van der Waals surface area contributed by atoms with E-state index in [0.717, 1.165) is 19.3 Å². The number of rotatable bonds is 7. The van der Waals surface area contributed by atoms with Gasteiger partial charge in [0.05, 0.1) is 6.61 Å². The highest BCUT2D eigenvalue weighted by Crippen LogP contribution is 2.09. The minimum Gasteiger partial charge on any atom is -0.449 e. The van der Waals surface area contributed by atoms with E-state index in [-0.39, 0.29) is 0 Å². The molecule has 22 heavy (non-hydrogen) atoms. The quantitative estimate of drug-likeness (QED) is 0.792. The van der Waals surface area contributed by atoms with E-state index in [0.29, 0.717) is 17.9 Å². The Labute approximate surface area is 130 Å². The summed E-state index contributed by atoms with van der Waals surface area (Å²) in [6.45, 7) is 0.373. The molecule has 0 spiro atoms. The van der Waals surface area contributed by atoms with E-state index >= 15 is 0 Å². The zero-order chi connectivity index (χ0) is 15.6. The van der Waals surface area contributed by atoms with Gasteiger partial charge in [-0.05, 0) is 37.0 Å². The molecule has 0 aliphatic rings. The van der Waals surface area contributed by atoms with Crippen molar-refractivity contribution in [2.45, 2.75) is 19.3 Å². The van der Waals surface area contributed by atoms with Crippen molar-refractivity contribution in [3.63, 3.8) is 0 Å². The number of hydrogen-bond donors (Lipinski definition) is 1. The lowest BCUT2D eigenvalue weighted by atomic mass is 10.1. The largest absolute Gasteiger partial charge is 0.449 e. The second-order valence-electron chi connectivity index (χ2n) is 4.89. The van der Waals surface area contributed by atoms with E-state index in [2.05, 4.69) is 17.4 Å². The lowest BCUT2D eigenvalue weighted by Crippen LogP contribution is -2.14. The Morgan fingerprint density at radius 2 is 1.86 bits per heavy atom. The summed E-state index contributed by atoms with van der Waals surface area (Å²) in [4.78, 5) is 22.1. The molecule has 0 saturated heterocycles. The van der Waals surface area contributed by atoms with E-state index in [1.165, 1.54) is 5.56 Å². The lowest BCUT2D eigenvalue weighted by Gasteiger charge is -2.07. The zero-order valence-corrected chi connectivity index (χ0v) is 12.2. The molecule has 0 saturated carbocycles. The Balaban J connectivity index is 1.64. The standard InChI is InChI=1S/C18H18NO3/c20-14-16-10-6-11-17(13-16)19-18(21)22-12-5-4-9-15-7-2-1-3-8-15/h1-3,6-8,10-11,13H,4-5,9,12H2,(H,19,21). The van der Waals surface area contributed by atoms with Crippen LogP contribution in [0.2, 0.25) is 0 Å². The van der Waals surface area contributed by atoms with Gasteiger partial charge in [-0.25, -0.2) is 4.79 Å². The zero-order valence-electron chi connectivity index (χ0n) is 12.2. The first-order valence-electron chi connectivity index (χ1n) is 7.24. The number of ether oxygens (including phenoxy) is 1. The summed E-state index contributed by atoms with van der Waals surface area (Å²) in [6.07, 6.45) is 4.01. The Morgan fingerprint density at radius 3 is 2.64 bits per heavy atom. The minimum absolute atomic E-state index is 0.373. The lowest BCUT2D eigenvalue weighted by molar-refractivity contribution is 0.159. The van der Waals surface area contributed by atoms with Crippen LogP contribution in [0.1, 0.15) is 24.0 Å². The van der Waals surface area contributed by atoms with Gasteiger partial charge in [0.2, 0.25) is 6.29 Å². The number of carbonyl (C=O) groups excluding carboxylic acids is 2. The van der Waals surface area contributed by atoms with Gasteiger partial charge in [0, 0.05) is 11.3 Å². The molecule has 1 N–H and O–H groups in total. The number of benzene rings is 2. The van der Waals surface area contributed by atoms with Crippen molar-refractivity contribution in [1.29, 1.82) is 0 Å². The van der Waals surface area contributed by atoms with Gasteiger partial charge in [0.25, 0.3) is 0 Å². The summed E-state index contributed by atoms with van der Waals surface area (Å²) < 4.78 is 5.11. The average molecular weight is 296 g/mol. The molecule has 0 aliphatic carbocycles. The maximum Gasteiger partial charge on any atom is 0.411 e. The summed E-state index contributed by atoms with van der Waals surface area (Å²) in [5, 5.41) is 2.59. The molecule has 113 valence electrons. The van der Waals surface area contributed by atoms with Crippen LogP contribution in [0.3, 0.4) is 0 Å². The Kier molecular flexibility index (Phi) is 6.18. The van der Waals surface area contributed by atoms with E-state index in [1.54, 1.807) is 30.6 Å². The molecule has 2 aromatic rings. The minimum atomic E-state index is -0.511. The molecule has 0 unspecified atom stereocenters. The number of carbonyl (C=O) groups is 1. The number of aryl methyl sites for hydroxylation is 1. The highest BCUT2D eigenvalue weighted by Gasteiger charge is 2.03. The first-order valence-corrected chi connectivity index (χ1v) is 7.24. The number of nitrogens with one attached hydrogen (secondary N) is 1. The van der Waals surface area contributed by atoms with Crippen LogP contribution in [0.15, 0.2) is 54.6 Å². The van der Waals surface area contributed by atoms with E-state index in [4.69, 9.17) is 4.74 Å². The summed E-state index contributed by atoms with van der Waals surface area (Å²) in [5.41, 5.74) is 2.20. The molecule has 0 aliphatic heterocycles. The molecule has 0 atom stereocenters.